The van der Waals surface area contributed by atoms with Gasteiger partial charge in [-0.15, -0.1) is 0 Å². The van der Waals surface area contributed by atoms with E-state index in [1.54, 1.807) is 25.7 Å². The van der Waals surface area contributed by atoms with Crippen molar-refractivity contribution in [1.29, 1.82) is 0 Å². The Morgan fingerprint density at radius 1 is 1.06 bits per heavy atom. The molecular weight excluding hydrogens is 466 g/mol. The number of carbonyl (C=O) groups excluding carboxylic acids is 1. The van der Waals surface area contributed by atoms with E-state index in [-0.39, 0.29) is 34.4 Å². The Balaban J connectivity index is 2.34. The number of carbonyl (C=O) groups is 1. The Labute approximate surface area is 187 Å². The van der Waals surface area contributed by atoms with Gasteiger partial charge >= 0.3 is 15.6 Å². The van der Waals surface area contributed by atoms with Gasteiger partial charge in [0.25, 0.3) is 0 Å². The minimum Gasteiger partial charge on any atom is -0.455 e. The van der Waals surface area contributed by atoms with Crippen molar-refractivity contribution in [2.75, 3.05) is 18.0 Å². The third kappa shape index (κ3) is 4.68. The molecule has 3 aromatic rings. The minimum absolute atomic E-state index is 0.0393. The highest BCUT2D eigenvalue weighted by Gasteiger charge is 2.49. The Morgan fingerprint density at radius 2 is 1.67 bits per heavy atom. The van der Waals surface area contributed by atoms with Crippen LogP contribution < -0.4 is 9.08 Å². The molecule has 0 bridgehead atoms. The Bertz CT molecular complexity index is 1280. The molecule has 0 radical (unpaired) electrons. The molecule has 0 saturated heterocycles. The van der Waals surface area contributed by atoms with Gasteiger partial charge in [-0.25, -0.2) is 4.39 Å². The van der Waals surface area contributed by atoms with Crippen LogP contribution in [0.15, 0.2) is 40.8 Å². The molecule has 0 aliphatic rings. The third-order valence-corrected chi connectivity index (χ3v) is 6.03. The van der Waals surface area contributed by atoms with E-state index in [0.29, 0.717) is 18.7 Å². The Kier molecular flexibility index (Phi) is 6.73. The van der Waals surface area contributed by atoms with Crippen molar-refractivity contribution in [2.24, 2.45) is 0 Å². The summed E-state index contributed by atoms with van der Waals surface area (Å²) in [5.74, 6) is -1.39. The maximum atomic E-state index is 13.4. The predicted octanol–water partition coefficient (Wildman–Crippen LogP) is 5.91. The van der Waals surface area contributed by atoms with Crippen molar-refractivity contribution >= 4 is 32.6 Å². The van der Waals surface area contributed by atoms with E-state index in [1.165, 1.54) is 30.3 Å². The highest BCUT2D eigenvalue weighted by Crippen LogP contribution is 2.42. The molecular formula is C22H21F4NO5S. The van der Waals surface area contributed by atoms with Crippen LogP contribution in [-0.2, 0) is 10.1 Å². The number of Topliss-reactive ketones (excluding diaryl/α,β-unsaturated/α-hetero) is 1. The number of alkyl halides is 3. The van der Waals surface area contributed by atoms with Gasteiger partial charge in [-0.3, -0.25) is 4.79 Å². The molecule has 1 heterocycles. The molecule has 0 amide bonds. The molecule has 1 aromatic heterocycles. The number of benzene rings is 2. The van der Waals surface area contributed by atoms with Gasteiger partial charge in [-0.05, 0) is 44.2 Å². The summed E-state index contributed by atoms with van der Waals surface area (Å²) in [6.07, 6.45) is 0.0393. The van der Waals surface area contributed by atoms with Gasteiger partial charge in [-0.2, -0.15) is 21.6 Å². The first-order valence-electron chi connectivity index (χ1n) is 10.1. The Hall–Kier alpha value is -3.08. The standard InChI is InChI=1S/C22H21F4NO5S/c1-4-17(28)20-15-11-19(32-33(29,30)22(24,25)26)16(27(5-2)6-3)12-18(15)31-21(20)13-7-9-14(23)10-8-13/h7-12H,4-6H2,1-3H3. The lowest BCUT2D eigenvalue weighted by Crippen LogP contribution is -2.29. The first-order valence-corrected chi connectivity index (χ1v) is 11.5. The van der Waals surface area contributed by atoms with Crippen LogP contribution in [0.25, 0.3) is 22.3 Å². The summed E-state index contributed by atoms with van der Waals surface area (Å²) in [6, 6.07) is 7.55. The van der Waals surface area contributed by atoms with Gasteiger partial charge in [0.15, 0.2) is 11.5 Å². The van der Waals surface area contributed by atoms with Crippen LogP contribution in [0.3, 0.4) is 0 Å². The summed E-state index contributed by atoms with van der Waals surface area (Å²) in [7, 11) is -5.96. The first-order chi connectivity index (χ1) is 15.4. The lowest BCUT2D eigenvalue weighted by molar-refractivity contribution is -0.0499. The van der Waals surface area contributed by atoms with Gasteiger partial charge in [0.05, 0.1) is 11.3 Å². The molecule has 0 atom stereocenters. The van der Waals surface area contributed by atoms with Crippen molar-refractivity contribution in [3.8, 4) is 17.1 Å². The fraction of sp³-hybridized carbons (Fsp3) is 0.318. The molecule has 0 aliphatic carbocycles. The van der Waals surface area contributed by atoms with Crippen molar-refractivity contribution in [3.05, 3.63) is 47.8 Å². The molecule has 2 aromatic carbocycles. The fourth-order valence-corrected chi connectivity index (χ4v) is 3.88. The highest BCUT2D eigenvalue weighted by molar-refractivity contribution is 7.88. The summed E-state index contributed by atoms with van der Waals surface area (Å²) in [6.45, 7) is 5.71. The van der Waals surface area contributed by atoms with Crippen molar-refractivity contribution in [1.82, 2.24) is 0 Å². The van der Waals surface area contributed by atoms with E-state index in [1.807, 2.05) is 0 Å². The number of furan rings is 1. The van der Waals surface area contributed by atoms with Gasteiger partial charge in [-0.1, -0.05) is 6.92 Å². The highest BCUT2D eigenvalue weighted by atomic mass is 32.2. The van der Waals surface area contributed by atoms with Crippen molar-refractivity contribution < 1.29 is 39.4 Å². The van der Waals surface area contributed by atoms with E-state index in [2.05, 4.69) is 4.18 Å². The number of nitrogens with zero attached hydrogens (tertiary/aromatic N) is 1. The summed E-state index contributed by atoms with van der Waals surface area (Å²) < 4.78 is 86.3. The molecule has 178 valence electrons. The van der Waals surface area contributed by atoms with Crippen molar-refractivity contribution in [2.45, 2.75) is 32.7 Å². The predicted molar refractivity (Wildman–Crippen MR) is 115 cm³/mol. The van der Waals surface area contributed by atoms with Crippen LogP contribution in [0.2, 0.25) is 0 Å². The van der Waals surface area contributed by atoms with E-state index >= 15 is 0 Å². The zero-order chi connectivity index (χ0) is 24.6. The summed E-state index contributed by atoms with van der Waals surface area (Å²) >= 11 is 0. The molecule has 0 N–H and O–H groups in total. The number of anilines is 1. The zero-order valence-corrected chi connectivity index (χ0v) is 18.8. The van der Waals surface area contributed by atoms with Crippen LogP contribution in [0.5, 0.6) is 5.75 Å². The van der Waals surface area contributed by atoms with Crippen LogP contribution in [0.4, 0.5) is 23.2 Å². The number of hydrogen-bond acceptors (Lipinski definition) is 6. The second kappa shape index (κ2) is 9.05. The summed E-state index contributed by atoms with van der Waals surface area (Å²) in [5, 5.41) is 0.0875. The van der Waals surface area contributed by atoms with Gasteiger partial charge in [0.2, 0.25) is 0 Å². The quantitative estimate of drug-likeness (QED) is 0.170. The van der Waals surface area contributed by atoms with Gasteiger partial charge < -0.3 is 13.5 Å². The normalized spacial score (nSPS) is 12.2. The molecule has 33 heavy (non-hydrogen) atoms. The summed E-state index contributed by atoms with van der Waals surface area (Å²) in [5.41, 5.74) is -5.03. The average molecular weight is 487 g/mol. The first kappa shape index (κ1) is 24.6. The van der Waals surface area contributed by atoms with Crippen LogP contribution >= 0.6 is 0 Å². The number of hydrogen-bond donors (Lipinski definition) is 0. The number of halogens is 4. The molecule has 0 saturated carbocycles. The van der Waals surface area contributed by atoms with Gasteiger partial charge in [0.1, 0.15) is 17.2 Å². The lowest BCUT2D eigenvalue weighted by Gasteiger charge is -2.23. The largest absolute Gasteiger partial charge is 0.534 e. The molecule has 0 unspecified atom stereocenters. The minimum atomic E-state index is -5.96. The third-order valence-electron chi connectivity index (χ3n) is 5.06. The SMILES string of the molecule is CCC(=O)c1c(-c2ccc(F)cc2)oc2cc(N(CC)CC)c(OS(=O)(=O)C(F)(F)F)cc12. The second-order valence-electron chi connectivity index (χ2n) is 7.06. The molecule has 11 heteroatoms. The maximum absolute atomic E-state index is 13.4. The zero-order valence-electron chi connectivity index (χ0n) is 18.0. The number of fused-ring (bicyclic) bond motifs is 1. The number of ketones is 1. The van der Waals surface area contributed by atoms with E-state index in [4.69, 9.17) is 4.42 Å². The van der Waals surface area contributed by atoms with E-state index < -0.39 is 33.0 Å². The molecule has 3 rings (SSSR count). The summed E-state index contributed by atoms with van der Waals surface area (Å²) in [4.78, 5) is 14.3. The fourth-order valence-electron chi connectivity index (χ4n) is 3.41. The molecule has 6 nitrogen and oxygen atoms in total. The second-order valence-corrected chi connectivity index (χ2v) is 8.60. The number of rotatable bonds is 8. The van der Waals surface area contributed by atoms with Gasteiger partial charge in [0, 0.05) is 36.5 Å². The van der Waals surface area contributed by atoms with E-state index in [9.17, 15) is 30.8 Å². The van der Waals surface area contributed by atoms with Crippen LogP contribution in [0.1, 0.15) is 37.6 Å². The molecule has 0 spiro atoms. The Morgan fingerprint density at radius 3 is 2.18 bits per heavy atom. The van der Waals surface area contributed by atoms with Crippen LogP contribution in [-0.4, -0.2) is 32.8 Å². The van der Waals surface area contributed by atoms with E-state index in [0.717, 1.165) is 6.07 Å². The average Bonchev–Trinajstić information content (AvgIpc) is 3.12. The lowest BCUT2D eigenvalue weighted by atomic mass is 10.00. The molecule has 0 aliphatic heterocycles. The van der Waals surface area contributed by atoms with Crippen LogP contribution in [0, 0.1) is 5.82 Å². The molecule has 0 fully saturated rings. The smallest absolute Gasteiger partial charge is 0.455 e. The topological polar surface area (TPSA) is 76.8 Å². The van der Waals surface area contributed by atoms with Crippen molar-refractivity contribution in [3.63, 3.8) is 0 Å². The monoisotopic (exact) mass is 487 g/mol. The maximum Gasteiger partial charge on any atom is 0.534 e.